The fraction of sp³-hybridized carbons (Fsp3) is 0.500. The van der Waals surface area contributed by atoms with E-state index in [4.69, 9.17) is 0 Å². The molecule has 0 aromatic carbocycles. The van der Waals surface area contributed by atoms with Gasteiger partial charge in [-0.25, -0.2) is 10.2 Å². The van der Waals surface area contributed by atoms with Gasteiger partial charge in [0.15, 0.2) is 0 Å². The van der Waals surface area contributed by atoms with Gasteiger partial charge < -0.3 is 0 Å². The van der Waals surface area contributed by atoms with Gasteiger partial charge in [0.25, 0.3) is 0 Å². The predicted molar refractivity (Wildman–Crippen MR) is 78.2 cm³/mol. The second-order valence-electron chi connectivity index (χ2n) is 4.63. The minimum atomic E-state index is -0.487. The van der Waals surface area contributed by atoms with Gasteiger partial charge in [-0.3, -0.25) is 0 Å². The Hall–Kier alpha value is -1.71. The molecule has 100 valence electrons. The minimum absolute atomic E-state index is 0.120. The molecule has 0 aliphatic rings. The average Bonchev–Trinajstić information content (AvgIpc) is 2.27. The topological polar surface area (TPSA) is 53.8 Å². The third-order valence-corrected chi connectivity index (χ3v) is 2.35. The Balaban J connectivity index is 4.54. The first-order chi connectivity index (χ1) is 8.45. The van der Waals surface area contributed by atoms with Crippen LogP contribution in [0.5, 0.6) is 0 Å². The maximum atomic E-state index is 11.2. The summed E-state index contributed by atoms with van der Waals surface area (Å²) in [5.74, 6) is 0. The van der Waals surface area contributed by atoms with Crippen LogP contribution in [0.25, 0.3) is 0 Å². The van der Waals surface area contributed by atoms with Crippen molar-refractivity contribution < 1.29 is 4.79 Å². The molecule has 0 radical (unpaired) electrons. The summed E-state index contributed by atoms with van der Waals surface area (Å²) >= 11 is 0. The van der Waals surface area contributed by atoms with Gasteiger partial charge in [-0.05, 0) is 31.3 Å². The Labute approximate surface area is 110 Å². The van der Waals surface area contributed by atoms with Crippen molar-refractivity contribution in [1.82, 2.24) is 5.43 Å². The van der Waals surface area contributed by atoms with Crippen molar-refractivity contribution in [2.45, 2.75) is 40.5 Å². The van der Waals surface area contributed by atoms with E-state index >= 15 is 0 Å². The summed E-state index contributed by atoms with van der Waals surface area (Å²) in [4.78, 5) is 15.1. The summed E-state index contributed by atoms with van der Waals surface area (Å²) in [7, 11) is 0. The zero-order valence-corrected chi connectivity index (χ0v) is 11.7. The number of carbonyl (C=O) groups is 1. The summed E-state index contributed by atoms with van der Waals surface area (Å²) in [6, 6.07) is -0.487. The monoisotopic (exact) mass is 249 g/mol. The summed E-state index contributed by atoms with van der Waals surface area (Å²) in [5.41, 5.74) is 3.03. The maximum Gasteiger partial charge on any atom is 0.361 e. The Morgan fingerprint density at radius 1 is 1.44 bits per heavy atom. The highest BCUT2D eigenvalue weighted by Gasteiger charge is 2.10. The third kappa shape index (κ3) is 7.54. The lowest BCUT2D eigenvalue weighted by molar-refractivity contribution is 0.250. The van der Waals surface area contributed by atoms with Gasteiger partial charge >= 0.3 is 6.03 Å². The first-order valence-corrected chi connectivity index (χ1v) is 6.09. The predicted octanol–water partition coefficient (Wildman–Crippen LogP) is 3.71. The molecule has 0 fully saturated rings. The van der Waals surface area contributed by atoms with Crippen molar-refractivity contribution in [3.63, 3.8) is 0 Å². The highest BCUT2D eigenvalue weighted by Crippen LogP contribution is 2.22. The number of hydrogen-bond donors (Lipinski definition) is 1. The molecule has 0 rings (SSSR count). The van der Waals surface area contributed by atoms with Gasteiger partial charge in [0.1, 0.15) is 0 Å². The Bertz CT molecular complexity index is 365. The quantitative estimate of drug-likeness (QED) is 0.435. The average molecular weight is 249 g/mol. The SMILES string of the molecule is C=NNC(=O)N=C(/C=C/CC(C)(C)/C=C\C)CC. The zero-order chi connectivity index (χ0) is 14.0. The Kier molecular flexibility index (Phi) is 7.59. The third-order valence-electron chi connectivity index (χ3n) is 2.35. The molecule has 0 aliphatic carbocycles. The minimum Gasteiger partial charge on any atom is -0.244 e. The molecule has 1 N–H and O–H groups in total. The van der Waals surface area contributed by atoms with Gasteiger partial charge in [-0.1, -0.05) is 39.0 Å². The Morgan fingerprint density at radius 2 is 2.11 bits per heavy atom. The van der Waals surface area contributed by atoms with Gasteiger partial charge in [0.05, 0.1) is 0 Å². The van der Waals surface area contributed by atoms with Gasteiger partial charge in [-0.2, -0.15) is 10.1 Å². The lowest BCUT2D eigenvalue weighted by atomic mass is 9.88. The molecule has 0 bridgehead atoms. The summed E-state index contributed by atoms with van der Waals surface area (Å²) in [5, 5.41) is 3.28. The highest BCUT2D eigenvalue weighted by atomic mass is 16.2. The zero-order valence-electron chi connectivity index (χ0n) is 11.7. The Morgan fingerprint density at radius 3 is 2.61 bits per heavy atom. The van der Waals surface area contributed by atoms with E-state index in [1.54, 1.807) is 0 Å². The van der Waals surface area contributed by atoms with Crippen molar-refractivity contribution in [2.24, 2.45) is 15.5 Å². The van der Waals surface area contributed by atoms with E-state index in [1.165, 1.54) is 0 Å². The lowest BCUT2D eigenvalue weighted by Crippen LogP contribution is -2.13. The first-order valence-electron chi connectivity index (χ1n) is 6.09. The highest BCUT2D eigenvalue weighted by molar-refractivity contribution is 6.01. The fourth-order valence-corrected chi connectivity index (χ4v) is 1.48. The van der Waals surface area contributed by atoms with E-state index < -0.39 is 6.03 Å². The van der Waals surface area contributed by atoms with Crippen molar-refractivity contribution in [3.8, 4) is 0 Å². The van der Waals surface area contributed by atoms with Crippen LogP contribution in [-0.2, 0) is 0 Å². The van der Waals surface area contributed by atoms with Crippen LogP contribution in [-0.4, -0.2) is 18.5 Å². The molecule has 0 heterocycles. The first kappa shape index (κ1) is 16.3. The molecule has 2 amide bonds. The van der Waals surface area contributed by atoms with Gasteiger partial charge in [0, 0.05) is 12.4 Å². The van der Waals surface area contributed by atoms with E-state index in [2.05, 4.69) is 42.2 Å². The fourth-order valence-electron chi connectivity index (χ4n) is 1.48. The van der Waals surface area contributed by atoms with Crippen molar-refractivity contribution in [1.29, 1.82) is 0 Å². The number of hydrazone groups is 1. The van der Waals surface area contributed by atoms with E-state index in [9.17, 15) is 4.79 Å². The number of carbonyl (C=O) groups excluding carboxylic acids is 1. The molecular formula is C14H23N3O. The van der Waals surface area contributed by atoms with Gasteiger partial charge in [0.2, 0.25) is 0 Å². The summed E-state index contributed by atoms with van der Waals surface area (Å²) in [6.45, 7) is 11.5. The molecule has 0 saturated carbocycles. The van der Waals surface area contributed by atoms with Crippen LogP contribution in [0.15, 0.2) is 34.4 Å². The molecule has 0 atom stereocenters. The van der Waals surface area contributed by atoms with Crippen LogP contribution < -0.4 is 5.43 Å². The van der Waals surface area contributed by atoms with E-state index in [0.29, 0.717) is 6.42 Å². The number of hydrogen-bond acceptors (Lipinski definition) is 2. The molecule has 0 unspecified atom stereocenters. The molecule has 0 aromatic rings. The van der Waals surface area contributed by atoms with E-state index in [0.717, 1.165) is 12.1 Å². The molecule has 4 heteroatoms. The number of urea groups is 1. The molecule has 0 aromatic heterocycles. The normalized spacial score (nSPS) is 13.2. The van der Waals surface area contributed by atoms with Crippen LogP contribution in [0.2, 0.25) is 0 Å². The number of allylic oxidation sites excluding steroid dienone is 4. The standard InChI is InChI=1S/C14H23N3O/c1-6-10-14(3,4)11-8-9-12(7-2)16-13(18)17-15-5/h6,8-10H,5,7,11H2,1-4H3,(H,17,18)/b9-8+,10-6-,16-12?. The van der Waals surface area contributed by atoms with Crippen molar-refractivity contribution in [2.75, 3.05) is 0 Å². The van der Waals surface area contributed by atoms with E-state index in [-0.39, 0.29) is 5.41 Å². The maximum absolute atomic E-state index is 11.2. The van der Waals surface area contributed by atoms with Crippen molar-refractivity contribution >= 4 is 18.5 Å². The molecule has 0 saturated heterocycles. The molecule has 4 nitrogen and oxygen atoms in total. The summed E-state index contributed by atoms with van der Waals surface area (Å²) in [6.07, 6.45) is 9.73. The lowest BCUT2D eigenvalue weighted by Gasteiger charge is -2.17. The molecule has 0 aliphatic heterocycles. The van der Waals surface area contributed by atoms with Crippen LogP contribution in [0.4, 0.5) is 4.79 Å². The molecule has 18 heavy (non-hydrogen) atoms. The van der Waals surface area contributed by atoms with Gasteiger partial charge in [-0.15, -0.1) is 0 Å². The van der Waals surface area contributed by atoms with Crippen LogP contribution in [0.3, 0.4) is 0 Å². The van der Waals surface area contributed by atoms with Crippen LogP contribution in [0, 0.1) is 5.41 Å². The molecular weight excluding hydrogens is 226 g/mol. The number of aliphatic imine (C=N–C) groups is 1. The largest absolute Gasteiger partial charge is 0.361 e. The number of rotatable bonds is 6. The smallest absolute Gasteiger partial charge is 0.244 e. The number of amides is 2. The number of nitrogens with zero attached hydrogens (tertiary/aromatic N) is 2. The van der Waals surface area contributed by atoms with E-state index in [1.807, 2.05) is 32.1 Å². The van der Waals surface area contributed by atoms with Crippen LogP contribution >= 0.6 is 0 Å². The second-order valence-corrected chi connectivity index (χ2v) is 4.63. The molecule has 0 spiro atoms. The second kappa shape index (κ2) is 8.39. The summed E-state index contributed by atoms with van der Waals surface area (Å²) < 4.78 is 0. The van der Waals surface area contributed by atoms with Crippen LogP contribution in [0.1, 0.15) is 40.5 Å². The van der Waals surface area contributed by atoms with Crippen molar-refractivity contribution in [3.05, 3.63) is 24.3 Å². The number of nitrogens with one attached hydrogen (secondary N) is 1.